The molecule has 0 unspecified atom stereocenters. The molecule has 0 aliphatic rings. The molecule has 0 radical (unpaired) electrons. The van der Waals surface area contributed by atoms with Gasteiger partial charge in [0, 0.05) is 6.07 Å². The van der Waals surface area contributed by atoms with E-state index in [1.807, 2.05) is 0 Å². The molecule has 0 fully saturated rings. The second-order valence-electron chi connectivity index (χ2n) is 4.83. The Labute approximate surface area is 95.5 Å². The van der Waals surface area contributed by atoms with Crippen LogP contribution in [0.5, 0.6) is 5.88 Å². The second kappa shape index (κ2) is 4.92. The molecular formula is C11H18N4O. The zero-order valence-corrected chi connectivity index (χ0v) is 9.95. The molecule has 5 nitrogen and oxygen atoms in total. The Hall–Kier alpha value is -1.65. The molecule has 5 heteroatoms. The first-order valence-electron chi connectivity index (χ1n) is 5.19. The van der Waals surface area contributed by atoms with Crippen molar-refractivity contribution < 1.29 is 4.74 Å². The standard InChI is InChI=1S/C11H18N4O/c1-11(2,3)6-7-16-9-5-4-8(10(12)13)14-15-9/h4-5H,6-7H2,1-3H3,(H3,12,13). The Balaban J connectivity index is 2.47. The van der Waals surface area contributed by atoms with Gasteiger partial charge in [0.05, 0.1) is 6.61 Å². The van der Waals surface area contributed by atoms with Gasteiger partial charge in [-0.25, -0.2) is 0 Å². The summed E-state index contributed by atoms with van der Waals surface area (Å²) >= 11 is 0. The molecule has 1 aromatic rings. The lowest BCUT2D eigenvalue weighted by Gasteiger charge is -2.17. The van der Waals surface area contributed by atoms with Gasteiger partial charge in [0.2, 0.25) is 5.88 Å². The van der Waals surface area contributed by atoms with Gasteiger partial charge in [0.15, 0.2) is 0 Å². The zero-order chi connectivity index (χ0) is 12.2. The van der Waals surface area contributed by atoms with Gasteiger partial charge < -0.3 is 10.5 Å². The van der Waals surface area contributed by atoms with E-state index in [0.717, 1.165) is 6.42 Å². The molecule has 0 atom stereocenters. The molecule has 1 aromatic heterocycles. The van der Waals surface area contributed by atoms with Crippen LogP contribution in [0.3, 0.4) is 0 Å². The number of hydrogen-bond acceptors (Lipinski definition) is 4. The third kappa shape index (κ3) is 4.25. The Morgan fingerprint density at radius 1 is 1.38 bits per heavy atom. The van der Waals surface area contributed by atoms with Gasteiger partial charge in [-0.05, 0) is 17.9 Å². The number of nitrogens with one attached hydrogen (secondary N) is 1. The molecule has 3 N–H and O–H groups in total. The number of ether oxygens (including phenoxy) is 1. The fourth-order valence-corrected chi connectivity index (χ4v) is 1.00. The summed E-state index contributed by atoms with van der Waals surface area (Å²) in [6, 6.07) is 3.30. The fraction of sp³-hybridized carbons (Fsp3) is 0.545. The van der Waals surface area contributed by atoms with E-state index in [1.54, 1.807) is 12.1 Å². The Kier molecular flexibility index (Phi) is 3.82. The van der Waals surface area contributed by atoms with Crippen molar-refractivity contribution in [1.29, 1.82) is 5.41 Å². The highest BCUT2D eigenvalue weighted by molar-refractivity contribution is 5.92. The number of nitrogen functional groups attached to an aromatic ring is 1. The van der Waals surface area contributed by atoms with Gasteiger partial charge in [-0.2, -0.15) is 0 Å². The van der Waals surface area contributed by atoms with Crippen LogP contribution in [0.2, 0.25) is 0 Å². The van der Waals surface area contributed by atoms with Crippen molar-refractivity contribution in [2.75, 3.05) is 6.61 Å². The summed E-state index contributed by atoms with van der Waals surface area (Å²) in [4.78, 5) is 0. The third-order valence-corrected chi connectivity index (χ3v) is 2.02. The zero-order valence-electron chi connectivity index (χ0n) is 9.95. The average Bonchev–Trinajstić information content (AvgIpc) is 2.16. The molecule has 1 rings (SSSR count). The molecule has 1 heterocycles. The van der Waals surface area contributed by atoms with Gasteiger partial charge in [0.1, 0.15) is 11.5 Å². The maximum Gasteiger partial charge on any atom is 0.233 e. The second-order valence-corrected chi connectivity index (χ2v) is 4.83. The van der Waals surface area contributed by atoms with Crippen LogP contribution >= 0.6 is 0 Å². The third-order valence-electron chi connectivity index (χ3n) is 2.02. The summed E-state index contributed by atoms with van der Waals surface area (Å²) in [5.74, 6) is 0.378. The molecule has 16 heavy (non-hydrogen) atoms. The van der Waals surface area contributed by atoms with Crippen LogP contribution in [0.15, 0.2) is 12.1 Å². The summed E-state index contributed by atoms with van der Waals surface area (Å²) in [7, 11) is 0. The predicted octanol–water partition coefficient (Wildman–Crippen LogP) is 1.58. The molecule has 0 amide bonds. The molecule has 0 aromatic carbocycles. The fourth-order valence-electron chi connectivity index (χ4n) is 1.00. The quantitative estimate of drug-likeness (QED) is 0.598. The van der Waals surface area contributed by atoms with Crippen LogP contribution in [0.25, 0.3) is 0 Å². The average molecular weight is 222 g/mol. The summed E-state index contributed by atoms with van der Waals surface area (Å²) in [5.41, 5.74) is 5.87. The molecule has 0 aliphatic heterocycles. The number of rotatable bonds is 4. The van der Waals surface area contributed by atoms with Crippen LogP contribution in [0.4, 0.5) is 0 Å². The van der Waals surface area contributed by atoms with Gasteiger partial charge in [-0.1, -0.05) is 20.8 Å². The maximum absolute atomic E-state index is 7.16. The maximum atomic E-state index is 7.16. The van der Waals surface area contributed by atoms with Crippen molar-refractivity contribution >= 4 is 5.84 Å². The first kappa shape index (κ1) is 12.4. The highest BCUT2D eigenvalue weighted by atomic mass is 16.5. The molecule has 0 spiro atoms. The molecule has 0 saturated carbocycles. The molecule has 0 saturated heterocycles. The molecular weight excluding hydrogens is 204 g/mol. The lowest BCUT2D eigenvalue weighted by atomic mass is 9.93. The number of nitrogens with zero attached hydrogens (tertiary/aromatic N) is 2. The van der Waals surface area contributed by atoms with Crippen molar-refractivity contribution in [2.24, 2.45) is 11.1 Å². The van der Waals surface area contributed by atoms with E-state index in [-0.39, 0.29) is 11.3 Å². The van der Waals surface area contributed by atoms with Crippen molar-refractivity contribution in [2.45, 2.75) is 27.2 Å². The topological polar surface area (TPSA) is 84.9 Å². The normalized spacial score (nSPS) is 11.2. The monoisotopic (exact) mass is 222 g/mol. The van der Waals surface area contributed by atoms with Gasteiger partial charge in [-0.3, -0.25) is 5.41 Å². The first-order chi connectivity index (χ1) is 7.38. The minimum atomic E-state index is -0.0891. The van der Waals surface area contributed by atoms with Crippen molar-refractivity contribution in [3.05, 3.63) is 17.8 Å². The highest BCUT2D eigenvalue weighted by Gasteiger charge is 2.10. The van der Waals surface area contributed by atoms with E-state index >= 15 is 0 Å². The van der Waals surface area contributed by atoms with E-state index in [2.05, 4.69) is 31.0 Å². The smallest absolute Gasteiger partial charge is 0.233 e. The van der Waals surface area contributed by atoms with Crippen LogP contribution in [0, 0.1) is 10.8 Å². The van der Waals surface area contributed by atoms with Crippen molar-refractivity contribution in [3.8, 4) is 5.88 Å². The summed E-state index contributed by atoms with van der Waals surface area (Å²) in [6.45, 7) is 7.07. The molecule has 88 valence electrons. The Morgan fingerprint density at radius 2 is 2.06 bits per heavy atom. The van der Waals surface area contributed by atoms with Crippen LogP contribution in [-0.2, 0) is 0 Å². The van der Waals surface area contributed by atoms with E-state index in [1.165, 1.54) is 0 Å². The van der Waals surface area contributed by atoms with E-state index in [0.29, 0.717) is 18.2 Å². The summed E-state index contributed by atoms with van der Waals surface area (Å²) < 4.78 is 5.43. The Bertz CT molecular complexity index is 353. The minimum Gasteiger partial charge on any atom is -0.477 e. The lowest BCUT2D eigenvalue weighted by Crippen LogP contribution is -2.15. The van der Waals surface area contributed by atoms with Crippen LogP contribution < -0.4 is 10.5 Å². The number of amidine groups is 1. The lowest BCUT2D eigenvalue weighted by molar-refractivity contribution is 0.234. The Morgan fingerprint density at radius 3 is 2.50 bits per heavy atom. The summed E-state index contributed by atoms with van der Waals surface area (Å²) in [6.07, 6.45) is 0.948. The SMILES string of the molecule is CC(C)(C)CCOc1ccc(C(=N)N)nn1. The number of aromatic nitrogens is 2. The molecule has 0 bridgehead atoms. The number of nitrogens with two attached hydrogens (primary N) is 1. The van der Waals surface area contributed by atoms with E-state index in [9.17, 15) is 0 Å². The van der Waals surface area contributed by atoms with Gasteiger partial charge in [-0.15, -0.1) is 10.2 Å². The van der Waals surface area contributed by atoms with Crippen molar-refractivity contribution in [1.82, 2.24) is 10.2 Å². The van der Waals surface area contributed by atoms with Crippen LogP contribution in [0.1, 0.15) is 32.9 Å². The molecule has 0 aliphatic carbocycles. The first-order valence-corrected chi connectivity index (χ1v) is 5.19. The van der Waals surface area contributed by atoms with E-state index in [4.69, 9.17) is 15.9 Å². The van der Waals surface area contributed by atoms with Crippen molar-refractivity contribution in [3.63, 3.8) is 0 Å². The predicted molar refractivity (Wildman–Crippen MR) is 62.6 cm³/mol. The van der Waals surface area contributed by atoms with E-state index < -0.39 is 0 Å². The largest absolute Gasteiger partial charge is 0.477 e. The minimum absolute atomic E-state index is 0.0891. The number of hydrogen-bond donors (Lipinski definition) is 2. The highest BCUT2D eigenvalue weighted by Crippen LogP contribution is 2.18. The van der Waals surface area contributed by atoms with Gasteiger partial charge in [0.25, 0.3) is 0 Å². The van der Waals surface area contributed by atoms with Crippen LogP contribution in [-0.4, -0.2) is 22.6 Å². The summed E-state index contributed by atoms with van der Waals surface area (Å²) in [5, 5.41) is 14.8. The van der Waals surface area contributed by atoms with Gasteiger partial charge >= 0.3 is 0 Å².